The van der Waals surface area contributed by atoms with Gasteiger partial charge in [0.25, 0.3) is 5.91 Å². The number of nitrogens with zero attached hydrogens (tertiary/aromatic N) is 5. The second-order valence-corrected chi connectivity index (χ2v) is 6.68. The number of pyridine rings is 1. The SMILES string of the molecule is Cc1nn(C)c2ncc(NC(=O)c3cnn(Cc4ccccc4Cl)c3)cc12. The molecule has 27 heavy (non-hydrogen) atoms. The van der Waals surface area contributed by atoms with Crippen LogP contribution in [-0.2, 0) is 13.6 Å². The van der Waals surface area contributed by atoms with E-state index in [-0.39, 0.29) is 5.91 Å². The molecule has 0 bridgehead atoms. The fourth-order valence-corrected chi connectivity index (χ4v) is 3.14. The first-order valence-electron chi connectivity index (χ1n) is 8.38. The Hall–Kier alpha value is -3.19. The molecule has 0 fully saturated rings. The molecule has 0 spiro atoms. The first kappa shape index (κ1) is 17.2. The Morgan fingerprint density at radius 2 is 2.07 bits per heavy atom. The summed E-state index contributed by atoms with van der Waals surface area (Å²) < 4.78 is 3.40. The van der Waals surface area contributed by atoms with Crippen LogP contribution in [0, 0.1) is 6.92 Å². The van der Waals surface area contributed by atoms with Gasteiger partial charge in [0.2, 0.25) is 0 Å². The van der Waals surface area contributed by atoms with Gasteiger partial charge in [-0.05, 0) is 24.6 Å². The zero-order chi connectivity index (χ0) is 19.0. The highest BCUT2D eigenvalue weighted by molar-refractivity contribution is 6.31. The number of rotatable bonds is 4. The molecule has 0 unspecified atom stereocenters. The van der Waals surface area contributed by atoms with Crippen molar-refractivity contribution in [2.75, 3.05) is 5.32 Å². The van der Waals surface area contributed by atoms with Crippen molar-refractivity contribution in [2.45, 2.75) is 13.5 Å². The number of halogens is 1. The van der Waals surface area contributed by atoms with Gasteiger partial charge in [-0.15, -0.1) is 0 Å². The van der Waals surface area contributed by atoms with Crippen LogP contribution < -0.4 is 5.32 Å². The average molecular weight is 381 g/mol. The minimum absolute atomic E-state index is 0.247. The number of amides is 1. The van der Waals surface area contributed by atoms with Gasteiger partial charge < -0.3 is 5.32 Å². The Labute approximate surface area is 160 Å². The van der Waals surface area contributed by atoms with Gasteiger partial charge in [-0.2, -0.15) is 10.2 Å². The molecule has 3 aromatic heterocycles. The van der Waals surface area contributed by atoms with Crippen molar-refractivity contribution in [1.29, 1.82) is 0 Å². The summed E-state index contributed by atoms with van der Waals surface area (Å²) in [7, 11) is 1.84. The third kappa shape index (κ3) is 3.41. The average Bonchev–Trinajstić information content (AvgIpc) is 3.22. The summed E-state index contributed by atoms with van der Waals surface area (Å²) in [5.74, 6) is -0.247. The lowest BCUT2D eigenvalue weighted by atomic mass is 10.2. The van der Waals surface area contributed by atoms with Crippen molar-refractivity contribution < 1.29 is 4.79 Å². The second kappa shape index (κ2) is 6.85. The molecule has 0 saturated heterocycles. The minimum atomic E-state index is -0.247. The highest BCUT2D eigenvalue weighted by Crippen LogP contribution is 2.20. The quantitative estimate of drug-likeness (QED) is 0.588. The summed E-state index contributed by atoms with van der Waals surface area (Å²) >= 11 is 6.18. The van der Waals surface area contributed by atoms with Gasteiger partial charge in [-0.3, -0.25) is 14.2 Å². The highest BCUT2D eigenvalue weighted by Gasteiger charge is 2.12. The van der Waals surface area contributed by atoms with E-state index in [1.54, 1.807) is 21.8 Å². The van der Waals surface area contributed by atoms with Gasteiger partial charge in [0.1, 0.15) is 0 Å². The number of benzene rings is 1. The van der Waals surface area contributed by atoms with E-state index in [4.69, 9.17) is 11.6 Å². The van der Waals surface area contributed by atoms with Gasteiger partial charge in [-0.1, -0.05) is 29.8 Å². The van der Waals surface area contributed by atoms with Gasteiger partial charge in [0, 0.05) is 23.7 Å². The minimum Gasteiger partial charge on any atom is -0.320 e. The molecule has 0 aliphatic heterocycles. The van der Waals surface area contributed by atoms with E-state index >= 15 is 0 Å². The lowest BCUT2D eigenvalue weighted by Crippen LogP contribution is -2.11. The number of aryl methyl sites for hydroxylation is 2. The predicted octanol–water partition coefficient (Wildman–Crippen LogP) is 3.43. The van der Waals surface area contributed by atoms with Crippen molar-refractivity contribution in [1.82, 2.24) is 24.5 Å². The lowest BCUT2D eigenvalue weighted by molar-refractivity contribution is 0.102. The van der Waals surface area contributed by atoms with Crippen molar-refractivity contribution in [3.63, 3.8) is 0 Å². The molecule has 1 amide bonds. The maximum Gasteiger partial charge on any atom is 0.258 e. The van der Waals surface area contributed by atoms with Crippen molar-refractivity contribution in [2.24, 2.45) is 7.05 Å². The molecule has 136 valence electrons. The summed E-state index contributed by atoms with van der Waals surface area (Å²) in [6.07, 6.45) is 4.85. The Morgan fingerprint density at radius 1 is 1.26 bits per heavy atom. The zero-order valence-electron chi connectivity index (χ0n) is 14.8. The maximum atomic E-state index is 12.5. The van der Waals surface area contributed by atoms with Crippen LogP contribution >= 0.6 is 11.6 Å². The summed E-state index contributed by atoms with van der Waals surface area (Å²) in [6, 6.07) is 9.43. The normalized spacial score (nSPS) is 11.1. The number of fused-ring (bicyclic) bond motifs is 1. The van der Waals surface area contributed by atoms with Crippen LogP contribution in [0.2, 0.25) is 5.02 Å². The highest BCUT2D eigenvalue weighted by atomic mass is 35.5. The van der Waals surface area contributed by atoms with E-state index in [9.17, 15) is 4.79 Å². The molecule has 4 aromatic rings. The smallest absolute Gasteiger partial charge is 0.258 e. The largest absolute Gasteiger partial charge is 0.320 e. The van der Waals surface area contributed by atoms with Crippen molar-refractivity contribution in [3.8, 4) is 0 Å². The van der Waals surface area contributed by atoms with Crippen LogP contribution in [-0.4, -0.2) is 30.5 Å². The lowest BCUT2D eigenvalue weighted by Gasteiger charge is -2.04. The van der Waals surface area contributed by atoms with Crippen LogP contribution in [0.3, 0.4) is 0 Å². The van der Waals surface area contributed by atoms with E-state index in [2.05, 4.69) is 20.5 Å². The topological polar surface area (TPSA) is 77.6 Å². The zero-order valence-corrected chi connectivity index (χ0v) is 15.6. The van der Waals surface area contributed by atoms with E-state index in [0.717, 1.165) is 22.3 Å². The molecule has 3 heterocycles. The Bertz CT molecular complexity index is 1150. The Balaban J connectivity index is 1.51. The van der Waals surface area contributed by atoms with Crippen molar-refractivity contribution >= 4 is 34.2 Å². The van der Waals surface area contributed by atoms with E-state index in [1.807, 2.05) is 44.3 Å². The molecular formula is C19H17ClN6O. The molecular weight excluding hydrogens is 364 g/mol. The van der Waals surface area contributed by atoms with Crippen LogP contribution in [0.4, 0.5) is 5.69 Å². The van der Waals surface area contributed by atoms with Crippen molar-refractivity contribution in [3.05, 3.63) is 70.8 Å². The van der Waals surface area contributed by atoms with Gasteiger partial charge in [0.15, 0.2) is 5.65 Å². The molecule has 0 atom stereocenters. The second-order valence-electron chi connectivity index (χ2n) is 6.28. The van der Waals surface area contributed by atoms with Crippen LogP contribution in [0.1, 0.15) is 21.6 Å². The van der Waals surface area contributed by atoms with Gasteiger partial charge in [-0.25, -0.2) is 4.98 Å². The predicted molar refractivity (Wildman–Crippen MR) is 104 cm³/mol. The molecule has 0 saturated carbocycles. The summed E-state index contributed by atoms with van der Waals surface area (Å²) in [5.41, 5.74) is 3.66. The first-order valence-corrected chi connectivity index (χ1v) is 8.75. The summed E-state index contributed by atoms with van der Waals surface area (Å²) in [4.78, 5) is 16.9. The number of anilines is 1. The fraction of sp³-hybridized carbons (Fsp3) is 0.158. The van der Waals surface area contributed by atoms with E-state index < -0.39 is 0 Å². The number of hydrogen-bond acceptors (Lipinski definition) is 4. The first-order chi connectivity index (χ1) is 13.0. The van der Waals surface area contributed by atoms with Gasteiger partial charge >= 0.3 is 0 Å². The Kier molecular flexibility index (Phi) is 4.37. The maximum absolute atomic E-state index is 12.5. The van der Waals surface area contributed by atoms with Crippen LogP contribution in [0.5, 0.6) is 0 Å². The molecule has 4 rings (SSSR count). The molecule has 0 aliphatic rings. The molecule has 0 radical (unpaired) electrons. The van der Waals surface area contributed by atoms with E-state index in [1.165, 1.54) is 6.20 Å². The van der Waals surface area contributed by atoms with E-state index in [0.29, 0.717) is 22.8 Å². The van der Waals surface area contributed by atoms with Crippen LogP contribution in [0.15, 0.2) is 48.9 Å². The molecule has 1 aromatic carbocycles. The standard InChI is InChI=1S/C19H17ClN6O/c1-12-16-7-15(9-21-18(16)25(2)24-12)23-19(27)14-8-22-26(11-14)10-13-5-3-4-6-17(13)20/h3-9,11H,10H2,1-2H3,(H,23,27). The third-order valence-electron chi connectivity index (χ3n) is 4.31. The summed E-state index contributed by atoms with van der Waals surface area (Å²) in [5, 5.41) is 13.0. The van der Waals surface area contributed by atoms with Gasteiger partial charge in [0.05, 0.1) is 35.9 Å². The molecule has 7 nitrogen and oxygen atoms in total. The van der Waals surface area contributed by atoms with Crippen LogP contribution in [0.25, 0.3) is 11.0 Å². The third-order valence-corrected chi connectivity index (χ3v) is 4.68. The summed E-state index contributed by atoms with van der Waals surface area (Å²) in [6.45, 7) is 2.41. The number of carbonyl (C=O) groups is 1. The number of aromatic nitrogens is 5. The Morgan fingerprint density at radius 3 is 2.89 bits per heavy atom. The number of carbonyl (C=O) groups excluding carboxylic acids is 1. The monoisotopic (exact) mass is 380 g/mol. The number of hydrogen-bond donors (Lipinski definition) is 1. The molecule has 8 heteroatoms. The molecule has 1 N–H and O–H groups in total. The fourth-order valence-electron chi connectivity index (χ4n) is 2.95. The molecule has 0 aliphatic carbocycles. The number of nitrogens with one attached hydrogen (secondary N) is 1.